The second kappa shape index (κ2) is 3.70. The Balaban J connectivity index is 1.83. The van der Waals surface area contributed by atoms with Crippen molar-refractivity contribution in [3.8, 4) is 5.75 Å². The minimum atomic E-state index is -0.206. The molecule has 0 radical (unpaired) electrons. The standard InChI is InChI=1S/C18H21NO2/c1-10-3-4-11-9-13-12-5-6-14(20)17-18(12,7-8-19(13)2)15(11)16(10)21-17/h3-4,12-13,17H,5-9H2,1-2H3/t12?,13-,17?,18+/m1/s1. The third kappa shape index (κ3) is 1.24. The lowest BCUT2D eigenvalue weighted by atomic mass is 9.51. The molecule has 3 heteroatoms. The Labute approximate surface area is 125 Å². The third-order valence-corrected chi connectivity index (χ3v) is 6.60. The largest absolute Gasteiger partial charge is 0.481 e. The fraction of sp³-hybridized carbons (Fsp3) is 0.611. The van der Waals surface area contributed by atoms with Crippen molar-refractivity contribution in [1.82, 2.24) is 4.90 Å². The highest BCUT2D eigenvalue weighted by Gasteiger charge is 2.65. The number of aryl methyl sites for hydroxylation is 1. The second-order valence-corrected chi connectivity index (χ2v) is 7.40. The first-order valence-corrected chi connectivity index (χ1v) is 8.15. The second-order valence-electron chi connectivity index (χ2n) is 7.40. The van der Waals surface area contributed by atoms with E-state index in [9.17, 15) is 4.79 Å². The summed E-state index contributed by atoms with van der Waals surface area (Å²) < 4.78 is 6.29. The summed E-state index contributed by atoms with van der Waals surface area (Å²) in [6.07, 6.45) is 3.73. The summed E-state index contributed by atoms with van der Waals surface area (Å²) in [5, 5.41) is 0. The maximum atomic E-state index is 12.6. The van der Waals surface area contributed by atoms with Crippen molar-refractivity contribution in [2.24, 2.45) is 5.92 Å². The molecule has 1 saturated heterocycles. The van der Waals surface area contributed by atoms with Gasteiger partial charge >= 0.3 is 0 Å². The van der Waals surface area contributed by atoms with Crippen LogP contribution < -0.4 is 4.74 Å². The molecule has 1 spiro atoms. The minimum absolute atomic E-state index is 0.0125. The van der Waals surface area contributed by atoms with E-state index in [-0.39, 0.29) is 11.5 Å². The van der Waals surface area contributed by atoms with Crippen LogP contribution in [0.1, 0.15) is 36.0 Å². The molecular weight excluding hydrogens is 262 g/mol. The average Bonchev–Trinajstić information content (AvgIpc) is 2.83. The minimum Gasteiger partial charge on any atom is -0.481 e. The molecule has 5 rings (SSSR count). The summed E-state index contributed by atoms with van der Waals surface area (Å²) >= 11 is 0. The predicted molar refractivity (Wildman–Crippen MR) is 79.7 cm³/mol. The number of piperidine rings is 1. The summed E-state index contributed by atoms with van der Waals surface area (Å²) in [5.41, 5.74) is 4.03. The van der Waals surface area contributed by atoms with Crippen molar-refractivity contribution in [3.63, 3.8) is 0 Å². The van der Waals surface area contributed by atoms with Gasteiger partial charge in [-0.3, -0.25) is 4.79 Å². The van der Waals surface area contributed by atoms with Crippen molar-refractivity contribution in [3.05, 3.63) is 28.8 Å². The molecule has 2 fully saturated rings. The van der Waals surface area contributed by atoms with Crippen LogP contribution >= 0.6 is 0 Å². The Morgan fingerprint density at radius 3 is 3.10 bits per heavy atom. The number of ether oxygens (including phenoxy) is 1. The maximum absolute atomic E-state index is 12.6. The molecule has 0 amide bonds. The molecule has 2 heterocycles. The highest BCUT2D eigenvalue weighted by molar-refractivity contribution is 5.89. The van der Waals surface area contributed by atoms with Gasteiger partial charge in [0.05, 0.1) is 0 Å². The molecule has 2 aliphatic carbocycles. The Bertz CT molecular complexity index is 667. The van der Waals surface area contributed by atoms with Gasteiger partial charge in [-0.05, 0) is 56.8 Å². The van der Waals surface area contributed by atoms with Crippen LogP contribution in [0.4, 0.5) is 0 Å². The molecule has 4 aliphatic rings. The van der Waals surface area contributed by atoms with Gasteiger partial charge in [0.15, 0.2) is 11.9 Å². The van der Waals surface area contributed by atoms with Crippen LogP contribution in [0.3, 0.4) is 0 Å². The van der Waals surface area contributed by atoms with Crippen molar-refractivity contribution < 1.29 is 9.53 Å². The van der Waals surface area contributed by atoms with E-state index in [1.54, 1.807) is 0 Å². The van der Waals surface area contributed by atoms with Gasteiger partial charge in [0.25, 0.3) is 0 Å². The van der Waals surface area contributed by atoms with Gasteiger partial charge in [0.2, 0.25) is 0 Å². The van der Waals surface area contributed by atoms with Gasteiger partial charge in [-0.2, -0.15) is 0 Å². The van der Waals surface area contributed by atoms with Crippen LogP contribution in [-0.2, 0) is 16.6 Å². The van der Waals surface area contributed by atoms with Crippen molar-refractivity contribution in [2.75, 3.05) is 13.6 Å². The Hall–Kier alpha value is -1.35. The highest BCUT2D eigenvalue weighted by Crippen LogP contribution is 2.61. The normalized spacial score (nSPS) is 39.9. The summed E-state index contributed by atoms with van der Waals surface area (Å²) in [5.74, 6) is 1.97. The van der Waals surface area contributed by atoms with Crippen molar-refractivity contribution >= 4 is 5.78 Å². The first-order chi connectivity index (χ1) is 10.1. The summed E-state index contributed by atoms with van der Waals surface area (Å²) in [4.78, 5) is 15.1. The number of likely N-dealkylation sites (tertiary alicyclic amines) is 1. The van der Waals surface area contributed by atoms with Crippen LogP contribution in [0, 0.1) is 12.8 Å². The molecule has 4 atom stereocenters. The SMILES string of the molecule is Cc1ccc2c3c1OC1C(=O)CCC4[C@@H](C2)N(C)CC[C@]314. The molecule has 2 bridgehead atoms. The maximum Gasteiger partial charge on any atom is 0.174 e. The van der Waals surface area contributed by atoms with Crippen LogP contribution in [-0.4, -0.2) is 36.4 Å². The predicted octanol–water partition coefficient (Wildman–Crippen LogP) is 2.23. The number of hydrogen-bond acceptors (Lipinski definition) is 3. The number of rotatable bonds is 0. The number of hydrogen-bond donors (Lipinski definition) is 0. The first-order valence-electron chi connectivity index (χ1n) is 8.15. The van der Waals surface area contributed by atoms with E-state index in [0.29, 0.717) is 24.2 Å². The van der Waals surface area contributed by atoms with Crippen LogP contribution in [0.25, 0.3) is 0 Å². The lowest BCUT2D eigenvalue weighted by Crippen LogP contribution is -2.65. The quantitative estimate of drug-likeness (QED) is 0.731. The molecule has 110 valence electrons. The number of benzene rings is 1. The summed E-state index contributed by atoms with van der Waals surface area (Å²) in [6.45, 7) is 3.20. The van der Waals surface area contributed by atoms with E-state index >= 15 is 0 Å². The zero-order chi connectivity index (χ0) is 14.4. The number of likely N-dealkylation sites (N-methyl/N-ethyl adjacent to an activating group) is 1. The molecule has 0 aromatic heterocycles. The Morgan fingerprint density at radius 2 is 2.24 bits per heavy atom. The van der Waals surface area contributed by atoms with E-state index in [4.69, 9.17) is 4.74 Å². The molecule has 1 aromatic rings. The third-order valence-electron chi connectivity index (χ3n) is 6.60. The molecule has 1 aromatic carbocycles. The topological polar surface area (TPSA) is 29.5 Å². The fourth-order valence-corrected chi connectivity index (χ4v) is 5.67. The fourth-order valence-electron chi connectivity index (χ4n) is 5.67. The van der Waals surface area contributed by atoms with Gasteiger partial charge in [0, 0.05) is 23.4 Å². The smallest absolute Gasteiger partial charge is 0.174 e. The zero-order valence-electron chi connectivity index (χ0n) is 12.7. The monoisotopic (exact) mass is 283 g/mol. The van der Waals surface area contributed by atoms with E-state index in [1.165, 1.54) is 16.7 Å². The number of carbonyl (C=O) groups is 1. The zero-order valence-corrected chi connectivity index (χ0v) is 12.7. The van der Waals surface area contributed by atoms with Gasteiger partial charge < -0.3 is 9.64 Å². The van der Waals surface area contributed by atoms with E-state index in [2.05, 4.69) is 31.0 Å². The molecule has 3 nitrogen and oxygen atoms in total. The van der Waals surface area contributed by atoms with Gasteiger partial charge in [0.1, 0.15) is 5.75 Å². The van der Waals surface area contributed by atoms with Crippen molar-refractivity contribution in [2.45, 2.75) is 50.2 Å². The molecule has 1 saturated carbocycles. The number of Topliss-reactive ketones (excluding diaryl/α,β-unsaturated/α-hetero) is 1. The highest BCUT2D eigenvalue weighted by atomic mass is 16.5. The first kappa shape index (κ1) is 12.2. The van der Waals surface area contributed by atoms with Crippen LogP contribution in [0.5, 0.6) is 5.75 Å². The summed E-state index contributed by atoms with van der Waals surface area (Å²) in [7, 11) is 2.25. The number of ketones is 1. The van der Waals surface area contributed by atoms with Gasteiger partial charge in [-0.25, -0.2) is 0 Å². The molecule has 2 unspecified atom stereocenters. The Kier molecular flexibility index (Phi) is 2.15. The van der Waals surface area contributed by atoms with Gasteiger partial charge in [-0.15, -0.1) is 0 Å². The van der Waals surface area contributed by atoms with E-state index < -0.39 is 0 Å². The molecule has 21 heavy (non-hydrogen) atoms. The number of nitrogens with zero attached hydrogens (tertiary/aromatic N) is 1. The van der Waals surface area contributed by atoms with Crippen LogP contribution in [0.15, 0.2) is 12.1 Å². The summed E-state index contributed by atoms with van der Waals surface area (Å²) in [6, 6.07) is 5.03. The van der Waals surface area contributed by atoms with E-state index in [1.807, 2.05) is 0 Å². The molecular formula is C18H21NO2. The van der Waals surface area contributed by atoms with E-state index in [0.717, 1.165) is 31.6 Å². The molecule has 0 N–H and O–H groups in total. The van der Waals surface area contributed by atoms with Crippen LogP contribution in [0.2, 0.25) is 0 Å². The Morgan fingerprint density at radius 1 is 1.38 bits per heavy atom. The van der Waals surface area contributed by atoms with Gasteiger partial charge in [-0.1, -0.05) is 12.1 Å². The van der Waals surface area contributed by atoms with Crippen molar-refractivity contribution in [1.29, 1.82) is 0 Å². The lowest BCUT2D eigenvalue weighted by molar-refractivity contribution is -0.138. The average molecular weight is 283 g/mol. The lowest BCUT2D eigenvalue weighted by Gasteiger charge is -2.57. The molecule has 2 aliphatic heterocycles. The number of carbonyl (C=O) groups excluding carboxylic acids is 1.